The summed E-state index contributed by atoms with van der Waals surface area (Å²) >= 11 is 0. The highest BCUT2D eigenvalue weighted by atomic mass is 16.3. The Kier molecular flexibility index (Phi) is 7.18. The molecule has 55 heavy (non-hydrogen) atoms. The predicted octanol–water partition coefficient (Wildman–Crippen LogP) is 12.4. The Labute approximate surface area is 321 Å². The standard InChI is InChI=1S/C50H38BN3O/c1-33-23-26-37(27-24-33)53-43-30-25-34(2)31-42(43)51-41-29-28-38(32-47(41)54(36-15-7-4-8-16-36)45-20-12-19-44(53)49(45)51)52(35-13-5-3-6-14-35)46-21-11-18-40-39-17-9-10-22-48(39)55-50(40)46/h3-24,26-29,31-32H,25,30H2,1-2H3. The molecule has 0 atom stereocenters. The Morgan fingerprint density at radius 3 is 2.07 bits per heavy atom. The van der Waals surface area contributed by atoms with Crippen LogP contribution in [-0.2, 0) is 0 Å². The van der Waals surface area contributed by atoms with E-state index in [1.165, 1.54) is 56.0 Å². The molecule has 0 bridgehead atoms. The average molecular weight is 708 g/mol. The number of nitrogens with zero attached hydrogens (tertiary/aromatic N) is 3. The zero-order valence-corrected chi connectivity index (χ0v) is 30.9. The van der Waals surface area contributed by atoms with Crippen LogP contribution >= 0.6 is 0 Å². The molecule has 11 rings (SSSR count). The van der Waals surface area contributed by atoms with Crippen LogP contribution < -0.4 is 25.6 Å². The summed E-state index contributed by atoms with van der Waals surface area (Å²) in [6.07, 6.45) is 4.55. The van der Waals surface area contributed by atoms with Crippen LogP contribution in [0.15, 0.2) is 191 Å². The van der Waals surface area contributed by atoms with Gasteiger partial charge >= 0.3 is 0 Å². The minimum absolute atomic E-state index is 0.0890. The molecule has 262 valence electrons. The average Bonchev–Trinajstić information content (AvgIpc) is 3.62. The molecule has 3 heterocycles. The van der Waals surface area contributed by atoms with Crippen LogP contribution in [-0.4, -0.2) is 6.71 Å². The zero-order valence-electron chi connectivity index (χ0n) is 30.9. The zero-order chi connectivity index (χ0) is 36.6. The quantitative estimate of drug-likeness (QED) is 0.166. The van der Waals surface area contributed by atoms with Crippen molar-refractivity contribution in [2.75, 3.05) is 14.7 Å². The van der Waals surface area contributed by atoms with Crippen LogP contribution in [0.2, 0.25) is 0 Å². The third kappa shape index (κ3) is 4.93. The van der Waals surface area contributed by atoms with Crippen molar-refractivity contribution in [2.24, 2.45) is 0 Å². The van der Waals surface area contributed by atoms with Crippen LogP contribution in [0, 0.1) is 6.92 Å². The highest BCUT2D eigenvalue weighted by Gasteiger charge is 2.44. The Bertz CT molecular complexity index is 2860. The van der Waals surface area contributed by atoms with Gasteiger partial charge in [0.2, 0.25) is 0 Å². The fourth-order valence-corrected chi connectivity index (χ4v) is 9.22. The van der Waals surface area contributed by atoms with Crippen molar-refractivity contribution >= 4 is 85.1 Å². The van der Waals surface area contributed by atoms with Gasteiger partial charge < -0.3 is 19.1 Å². The Balaban J connectivity index is 1.18. The molecule has 8 aromatic rings. The number of allylic oxidation sites excluding steroid dienone is 4. The molecule has 7 aromatic carbocycles. The van der Waals surface area contributed by atoms with Crippen LogP contribution in [0.1, 0.15) is 25.3 Å². The van der Waals surface area contributed by atoms with E-state index in [-0.39, 0.29) is 6.71 Å². The maximum atomic E-state index is 6.67. The second-order valence-corrected chi connectivity index (χ2v) is 15.0. The molecule has 0 saturated heterocycles. The van der Waals surface area contributed by atoms with Crippen LogP contribution in [0.3, 0.4) is 0 Å². The normalized spacial score (nSPS) is 14.5. The van der Waals surface area contributed by atoms with E-state index in [0.717, 1.165) is 57.5 Å². The fraction of sp³-hybridized carbons (Fsp3) is 0.0800. The second kappa shape index (κ2) is 12.4. The number of benzene rings is 7. The van der Waals surface area contributed by atoms with Crippen LogP contribution in [0.25, 0.3) is 21.9 Å². The summed E-state index contributed by atoms with van der Waals surface area (Å²) in [5.41, 5.74) is 19.1. The van der Waals surface area contributed by atoms with Crippen molar-refractivity contribution in [3.8, 4) is 0 Å². The van der Waals surface area contributed by atoms with Gasteiger partial charge in [-0.25, -0.2) is 0 Å². The van der Waals surface area contributed by atoms with Crippen LogP contribution in [0.5, 0.6) is 0 Å². The van der Waals surface area contributed by atoms with E-state index in [4.69, 9.17) is 4.42 Å². The van der Waals surface area contributed by atoms with Gasteiger partial charge in [0.05, 0.1) is 5.69 Å². The highest BCUT2D eigenvalue weighted by molar-refractivity contribution is 6.95. The largest absolute Gasteiger partial charge is 0.454 e. The topological polar surface area (TPSA) is 22.9 Å². The molecule has 0 N–H and O–H groups in total. The number of hydrogen-bond donors (Lipinski definition) is 0. The molecule has 5 heteroatoms. The first kappa shape index (κ1) is 31.8. The van der Waals surface area contributed by atoms with Gasteiger partial charge in [-0.1, -0.05) is 108 Å². The molecule has 0 unspecified atom stereocenters. The lowest BCUT2D eigenvalue weighted by atomic mass is 9.32. The van der Waals surface area contributed by atoms with Crippen molar-refractivity contribution < 1.29 is 4.42 Å². The van der Waals surface area contributed by atoms with Crippen molar-refractivity contribution in [3.05, 3.63) is 192 Å². The first-order chi connectivity index (χ1) is 27.1. The maximum absolute atomic E-state index is 6.67. The van der Waals surface area contributed by atoms with E-state index in [1.807, 2.05) is 6.07 Å². The smallest absolute Gasteiger partial charge is 0.251 e. The Morgan fingerprint density at radius 2 is 1.25 bits per heavy atom. The summed E-state index contributed by atoms with van der Waals surface area (Å²) in [7, 11) is 0. The van der Waals surface area contributed by atoms with Gasteiger partial charge in [-0.3, -0.25) is 0 Å². The SMILES string of the molecule is CC1=CC2=C(CC1)N(c1ccc(C)cc1)c1cccc3c1B2c1ccc(N(c2ccccc2)c2cccc4c2oc2ccccc24)cc1N3c1ccccc1. The van der Waals surface area contributed by atoms with E-state index >= 15 is 0 Å². The van der Waals surface area contributed by atoms with E-state index in [9.17, 15) is 0 Å². The maximum Gasteiger partial charge on any atom is 0.251 e. The Morgan fingerprint density at radius 1 is 0.564 bits per heavy atom. The molecule has 4 nitrogen and oxygen atoms in total. The summed E-state index contributed by atoms with van der Waals surface area (Å²) in [5, 5.41) is 2.23. The van der Waals surface area contributed by atoms with E-state index in [2.05, 4.69) is 192 Å². The minimum atomic E-state index is 0.0890. The van der Waals surface area contributed by atoms with E-state index in [0.29, 0.717) is 0 Å². The molecular formula is C50H38BN3O. The molecule has 0 radical (unpaired) electrons. The lowest BCUT2D eigenvalue weighted by Crippen LogP contribution is -2.56. The van der Waals surface area contributed by atoms with Crippen LogP contribution in [0.4, 0.5) is 45.5 Å². The number of para-hydroxylation sites is 4. The number of hydrogen-bond acceptors (Lipinski definition) is 4. The van der Waals surface area contributed by atoms with E-state index < -0.39 is 0 Å². The molecule has 2 aliphatic heterocycles. The lowest BCUT2D eigenvalue weighted by molar-refractivity contribution is 0.669. The number of furan rings is 1. The number of fused-ring (bicyclic) bond motifs is 6. The molecule has 1 aliphatic carbocycles. The van der Waals surface area contributed by atoms with Crippen molar-refractivity contribution in [3.63, 3.8) is 0 Å². The number of rotatable bonds is 5. The van der Waals surface area contributed by atoms with Crippen molar-refractivity contribution in [1.29, 1.82) is 0 Å². The first-order valence-corrected chi connectivity index (χ1v) is 19.3. The monoisotopic (exact) mass is 707 g/mol. The van der Waals surface area contributed by atoms with Gasteiger partial charge in [-0.2, -0.15) is 0 Å². The van der Waals surface area contributed by atoms with Gasteiger partial charge in [0, 0.05) is 56.3 Å². The van der Waals surface area contributed by atoms with Crippen molar-refractivity contribution in [1.82, 2.24) is 0 Å². The second-order valence-electron chi connectivity index (χ2n) is 15.0. The third-order valence-corrected chi connectivity index (χ3v) is 11.7. The van der Waals surface area contributed by atoms with Crippen molar-refractivity contribution in [2.45, 2.75) is 26.7 Å². The molecule has 0 amide bonds. The molecule has 1 aromatic heterocycles. The van der Waals surface area contributed by atoms with E-state index in [1.54, 1.807) is 0 Å². The number of anilines is 8. The molecule has 3 aliphatic rings. The fourth-order valence-electron chi connectivity index (χ4n) is 9.22. The summed E-state index contributed by atoms with van der Waals surface area (Å²) < 4.78 is 6.67. The van der Waals surface area contributed by atoms with Gasteiger partial charge in [-0.05, 0) is 116 Å². The van der Waals surface area contributed by atoms with Gasteiger partial charge in [-0.15, -0.1) is 0 Å². The molecule has 0 fully saturated rings. The summed E-state index contributed by atoms with van der Waals surface area (Å²) in [4.78, 5) is 7.38. The van der Waals surface area contributed by atoms with Gasteiger partial charge in [0.1, 0.15) is 5.58 Å². The first-order valence-electron chi connectivity index (χ1n) is 19.3. The minimum Gasteiger partial charge on any atom is -0.454 e. The lowest BCUT2D eigenvalue weighted by Gasteiger charge is -2.46. The summed E-state index contributed by atoms with van der Waals surface area (Å²) in [5.74, 6) is 0. The summed E-state index contributed by atoms with van der Waals surface area (Å²) in [6.45, 7) is 4.55. The van der Waals surface area contributed by atoms with Gasteiger partial charge in [0.15, 0.2) is 5.58 Å². The molecule has 0 spiro atoms. The molecular weight excluding hydrogens is 669 g/mol. The van der Waals surface area contributed by atoms with Gasteiger partial charge in [0.25, 0.3) is 6.71 Å². The Hall–Kier alpha value is -6.72. The highest BCUT2D eigenvalue weighted by Crippen LogP contribution is 2.49. The molecule has 0 saturated carbocycles. The predicted molar refractivity (Wildman–Crippen MR) is 231 cm³/mol. The third-order valence-electron chi connectivity index (χ3n) is 11.7. The summed E-state index contributed by atoms with van der Waals surface area (Å²) in [6, 6.07) is 59.4. The number of aryl methyl sites for hydroxylation is 1.